The van der Waals surface area contributed by atoms with E-state index in [1.54, 1.807) is 0 Å². The average Bonchev–Trinajstić information content (AvgIpc) is 2.78. The summed E-state index contributed by atoms with van der Waals surface area (Å²) in [6.45, 7) is 4.18. The van der Waals surface area contributed by atoms with E-state index in [1.807, 2.05) is 48.9 Å². The first-order valence-corrected chi connectivity index (χ1v) is 9.39. The smallest absolute Gasteiger partial charge is 0.221 e. The lowest BCUT2D eigenvalue weighted by molar-refractivity contribution is -0.120. The van der Waals surface area contributed by atoms with Crippen molar-refractivity contribution in [1.82, 2.24) is 15.1 Å². The Balaban J connectivity index is 2.07. The number of para-hydroxylation sites is 1. The van der Waals surface area contributed by atoms with Crippen molar-refractivity contribution in [2.75, 3.05) is 12.0 Å². The van der Waals surface area contributed by atoms with Crippen LogP contribution in [0.3, 0.4) is 0 Å². The minimum atomic E-state index is -3.13. The van der Waals surface area contributed by atoms with Crippen molar-refractivity contribution >= 4 is 15.7 Å². The van der Waals surface area contributed by atoms with E-state index in [9.17, 15) is 13.2 Å². The molecule has 0 atom stereocenters. The van der Waals surface area contributed by atoms with Gasteiger partial charge < -0.3 is 5.32 Å². The Morgan fingerprint density at radius 2 is 1.87 bits per heavy atom. The minimum absolute atomic E-state index is 0.0241. The van der Waals surface area contributed by atoms with Crippen LogP contribution >= 0.6 is 0 Å². The highest BCUT2D eigenvalue weighted by molar-refractivity contribution is 7.90. The molecule has 2 rings (SSSR count). The third-order valence-corrected chi connectivity index (χ3v) is 4.55. The van der Waals surface area contributed by atoms with Gasteiger partial charge in [-0.15, -0.1) is 0 Å². The molecule has 0 aliphatic heterocycles. The van der Waals surface area contributed by atoms with Crippen LogP contribution in [0.25, 0.3) is 5.69 Å². The number of aryl methyl sites for hydroxylation is 1. The molecule has 0 spiro atoms. The first kappa shape index (κ1) is 17.2. The first-order valence-electron chi connectivity index (χ1n) is 7.33. The van der Waals surface area contributed by atoms with Gasteiger partial charge in [-0.25, -0.2) is 13.1 Å². The number of hydrogen-bond acceptors (Lipinski definition) is 4. The van der Waals surface area contributed by atoms with E-state index in [2.05, 4.69) is 10.4 Å². The third kappa shape index (κ3) is 4.66. The minimum Gasteiger partial charge on any atom is -0.352 e. The van der Waals surface area contributed by atoms with Crippen LogP contribution in [0.5, 0.6) is 0 Å². The Morgan fingerprint density at radius 1 is 1.22 bits per heavy atom. The van der Waals surface area contributed by atoms with Crippen molar-refractivity contribution in [1.29, 1.82) is 0 Å². The molecule has 1 aromatic carbocycles. The van der Waals surface area contributed by atoms with Crippen LogP contribution < -0.4 is 5.32 Å². The molecule has 0 aliphatic rings. The van der Waals surface area contributed by atoms with Gasteiger partial charge in [0.15, 0.2) is 0 Å². The molecule has 1 amide bonds. The van der Waals surface area contributed by atoms with Gasteiger partial charge in [0.1, 0.15) is 9.84 Å². The van der Waals surface area contributed by atoms with Gasteiger partial charge in [0.25, 0.3) is 0 Å². The van der Waals surface area contributed by atoms with E-state index >= 15 is 0 Å². The van der Waals surface area contributed by atoms with Crippen LogP contribution in [-0.2, 0) is 21.2 Å². The Labute approximate surface area is 136 Å². The number of aromatic nitrogens is 2. The van der Waals surface area contributed by atoms with Crippen molar-refractivity contribution in [3.05, 3.63) is 47.3 Å². The Kier molecular flexibility index (Phi) is 5.20. The van der Waals surface area contributed by atoms with Gasteiger partial charge in [0.05, 0.1) is 17.1 Å². The average molecular weight is 335 g/mol. The Hall–Kier alpha value is -2.15. The normalized spacial score (nSPS) is 11.4. The summed E-state index contributed by atoms with van der Waals surface area (Å²) in [6, 6.07) is 9.76. The molecule has 1 heterocycles. The predicted molar refractivity (Wildman–Crippen MR) is 89.2 cm³/mol. The molecule has 0 aliphatic carbocycles. The molecule has 6 nitrogen and oxygen atoms in total. The molecule has 23 heavy (non-hydrogen) atoms. The lowest BCUT2D eigenvalue weighted by Gasteiger charge is -2.07. The standard InChI is InChI=1S/C16H21N3O3S/c1-12-15(11-17-16(20)9-10-23(3,21)22)13(2)19(18-12)14-7-5-4-6-8-14/h4-8H,9-11H2,1-3H3,(H,17,20). The van der Waals surface area contributed by atoms with E-state index in [0.29, 0.717) is 6.54 Å². The van der Waals surface area contributed by atoms with Gasteiger partial charge >= 0.3 is 0 Å². The summed E-state index contributed by atoms with van der Waals surface area (Å²) >= 11 is 0. The number of carbonyl (C=O) groups is 1. The zero-order chi connectivity index (χ0) is 17.0. The number of sulfone groups is 1. The lowest BCUT2D eigenvalue weighted by atomic mass is 10.2. The molecule has 2 aromatic rings. The molecular weight excluding hydrogens is 314 g/mol. The number of nitrogens with one attached hydrogen (secondary N) is 1. The molecule has 0 fully saturated rings. The van der Waals surface area contributed by atoms with E-state index in [-0.39, 0.29) is 18.1 Å². The number of benzene rings is 1. The fraction of sp³-hybridized carbons (Fsp3) is 0.375. The number of rotatable bonds is 6. The summed E-state index contributed by atoms with van der Waals surface area (Å²) in [4.78, 5) is 11.8. The molecule has 124 valence electrons. The molecule has 0 radical (unpaired) electrons. The van der Waals surface area contributed by atoms with Crippen LogP contribution in [0.1, 0.15) is 23.4 Å². The predicted octanol–water partition coefficient (Wildman–Crippen LogP) is 1.54. The monoisotopic (exact) mass is 335 g/mol. The van der Waals surface area contributed by atoms with Gasteiger partial charge in [0.2, 0.25) is 5.91 Å². The van der Waals surface area contributed by atoms with E-state index in [0.717, 1.165) is 28.9 Å². The molecule has 0 unspecified atom stereocenters. The van der Waals surface area contributed by atoms with E-state index in [4.69, 9.17) is 0 Å². The number of nitrogens with zero attached hydrogens (tertiary/aromatic N) is 2. The second kappa shape index (κ2) is 6.95. The summed E-state index contributed by atoms with van der Waals surface area (Å²) < 4.78 is 24.0. The van der Waals surface area contributed by atoms with Gasteiger partial charge in [0, 0.05) is 30.5 Å². The second-order valence-corrected chi connectivity index (χ2v) is 7.81. The zero-order valence-corrected chi connectivity index (χ0v) is 14.4. The molecule has 0 saturated carbocycles. The highest BCUT2D eigenvalue weighted by Crippen LogP contribution is 2.17. The van der Waals surface area contributed by atoms with Crippen LogP contribution in [0.15, 0.2) is 30.3 Å². The van der Waals surface area contributed by atoms with Crippen LogP contribution in [0.4, 0.5) is 0 Å². The quantitative estimate of drug-likeness (QED) is 0.868. The fourth-order valence-corrected chi connectivity index (χ4v) is 2.86. The largest absolute Gasteiger partial charge is 0.352 e. The Morgan fingerprint density at radius 3 is 2.48 bits per heavy atom. The lowest BCUT2D eigenvalue weighted by Crippen LogP contribution is -2.25. The van der Waals surface area contributed by atoms with Crippen LogP contribution in [-0.4, -0.2) is 36.1 Å². The Bertz CT molecular complexity index is 795. The van der Waals surface area contributed by atoms with E-state index in [1.165, 1.54) is 0 Å². The summed E-state index contributed by atoms with van der Waals surface area (Å²) in [5.41, 5.74) is 3.70. The fourth-order valence-electron chi connectivity index (χ4n) is 2.30. The maximum Gasteiger partial charge on any atom is 0.221 e. The summed E-state index contributed by atoms with van der Waals surface area (Å²) in [7, 11) is -3.13. The molecule has 7 heteroatoms. The van der Waals surface area contributed by atoms with Crippen LogP contribution in [0, 0.1) is 13.8 Å². The summed E-state index contributed by atoms with van der Waals surface area (Å²) in [5.74, 6) is -0.415. The molecule has 0 bridgehead atoms. The van der Waals surface area contributed by atoms with Gasteiger partial charge in [-0.05, 0) is 26.0 Å². The third-order valence-electron chi connectivity index (χ3n) is 3.60. The van der Waals surface area contributed by atoms with E-state index < -0.39 is 9.84 Å². The van der Waals surface area contributed by atoms with Crippen LogP contribution in [0.2, 0.25) is 0 Å². The highest BCUT2D eigenvalue weighted by atomic mass is 32.2. The van der Waals surface area contributed by atoms with Crippen molar-refractivity contribution in [3.63, 3.8) is 0 Å². The van der Waals surface area contributed by atoms with Crippen molar-refractivity contribution in [2.45, 2.75) is 26.8 Å². The molecule has 1 aromatic heterocycles. The number of amides is 1. The zero-order valence-electron chi connectivity index (χ0n) is 13.5. The van der Waals surface area contributed by atoms with Gasteiger partial charge in [-0.3, -0.25) is 4.79 Å². The maximum absolute atomic E-state index is 11.8. The van der Waals surface area contributed by atoms with Crippen molar-refractivity contribution in [2.24, 2.45) is 0 Å². The second-order valence-electron chi connectivity index (χ2n) is 5.55. The summed E-state index contributed by atoms with van der Waals surface area (Å²) in [5, 5.41) is 7.27. The molecule has 1 N–H and O–H groups in total. The van der Waals surface area contributed by atoms with Crippen molar-refractivity contribution < 1.29 is 13.2 Å². The first-order chi connectivity index (χ1) is 10.8. The van der Waals surface area contributed by atoms with Crippen molar-refractivity contribution in [3.8, 4) is 5.69 Å². The molecule has 0 saturated heterocycles. The maximum atomic E-state index is 11.8. The SMILES string of the molecule is Cc1nn(-c2ccccc2)c(C)c1CNC(=O)CCS(C)(=O)=O. The highest BCUT2D eigenvalue weighted by Gasteiger charge is 2.14. The summed E-state index contributed by atoms with van der Waals surface area (Å²) in [6.07, 6.45) is 1.10. The van der Waals surface area contributed by atoms with Gasteiger partial charge in [-0.2, -0.15) is 5.10 Å². The topological polar surface area (TPSA) is 81.1 Å². The van der Waals surface area contributed by atoms with Gasteiger partial charge in [-0.1, -0.05) is 18.2 Å². The molecular formula is C16H21N3O3S. The number of carbonyl (C=O) groups excluding carboxylic acids is 1. The number of hydrogen-bond donors (Lipinski definition) is 1.